The summed E-state index contributed by atoms with van der Waals surface area (Å²) < 4.78 is 0. The molecule has 4 bridgehead atoms. The SMILES string of the molecule is O=CCCc1cc2ccc1CCc1ccc(cc1)CC2. The van der Waals surface area contributed by atoms with Gasteiger partial charge in [-0.1, -0.05) is 42.5 Å². The highest BCUT2D eigenvalue weighted by molar-refractivity contribution is 5.50. The molecule has 0 saturated carbocycles. The predicted molar refractivity (Wildman–Crippen MR) is 82.1 cm³/mol. The van der Waals surface area contributed by atoms with E-state index in [-0.39, 0.29) is 0 Å². The third-order valence-electron chi connectivity index (χ3n) is 4.21. The number of rotatable bonds is 3. The van der Waals surface area contributed by atoms with Crippen molar-refractivity contribution in [3.8, 4) is 0 Å². The normalized spacial score (nSPS) is 13.8. The Morgan fingerprint density at radius 2 is 1.40 bits per heavy atom. The van der Waals surface area contributed by atoms with Crippen LogP contribution in [0, 0.1) is 0 Å². The first kappa shape index (κ1) is 13.1. The number of aldehydes is 1. The van der Waals surface area contributed by atoms with Gasteiger partial charge < -0.3 is 4.79 Å². The highest BCUT2D eigenvalue weighted by Gasteiger charge is 2.07. The summed E-state index contributed by atoms with van der Waals surface area (Å²) in [5.41, 5.74) is 6.97. The summed E-state index contributed by atoms with van der Waals surface area (Å²) in [5, 5.41) is 0. The lowest BCUT2D eigenvalue weighted by atomic mass is 9.92. The number of carbonyl (C=O) groups excluding carboxylic acids is 1. The number of benzene rings is 2. The van der Waals surface area contributed by atoms with E-state index in [9.17, 15) is 4.79 Å². The maximum atomic E-state index is 10.6. The first-order chi connectivity index (χ1) is 9.85. The molecule has 1 nitrogen and oxygen atoms in total. The number of hydrogen-bond acceptors (Lipinski definition) is 1. The molecule has 0 amide bonds. The van der Waals surface area contributed by atoms with Crippen molar-refractivity contribution in [1.82, 2.24) is 0 Å². The molecule has 0 spiro atoms. The summed E-state index contributed by atoms with van der Waals surface area (Å²) in [7, 11) is 0. The van der Waals surface area contributed by atoms with Gasteiger partial charge in [0.1, 0.15) is 6.29 Å². The first-order valence-electron chi connectivity index (χ1n) is 7.47. The van der Waals surface area contributed by atoms with Crippen molar-refractivity contribution >= 4 is 6.29 Å². The molecule has 4 aliphatic carbocycles. The van der Waals surface area contributed by atoms with E-state index in [4.69, 9.17) is 0 Å². The minimum Gasteiger partial charge on any atom is -0.303 e. The summed E-state index contributed by atoms with van der Waals surface area (Å²) in [6.45, 7) is 0. The van der Waals surface area contributed by atoms with Crippen LogP contribution < -0.4 is 0 Å². The molecule has 0 N–H and O–H groups in total. The fourth-order valence-electron chi connectivity index (χ4n) is 2.97. The number of carbonyl (C=O) groups is 1. The average Bonchev–Trinajstić information content (AvgIpc) is 2.48. The molecule has 0 fully saturated rings. The van der Waals surface area contributed by atoms with Gasteiger partial charge in [0.2, 0.25) is 0 Å². The summed E-state index contributed by atoms with van der Waals surface area (Å²) in [4.78, 5) is 10.6. The van der Waals surface area contributed by atoms with Gasteiger partial charge in [0.25, 0.3) is 0 Å². The van der Waals surface area contributed by atoms with Gasteiger partial charge in [-0.15, -0.1) is 0 Å². The van der Waals surface area contributed by atoms with Gasteiger partial charge in [0, 0.05) is 6.42 Å². The lowest BCUT2D eigenvalue weighted by Crippen LogP contribution is -2.02. The maximum Gasteiger partial charge on any atom is 0.120 e. The third-order valence-corrected chi connectivity index (χ3v) is 4.21. The molecule has 0 aliphatic heterocycles. The topological polar surface area (TPSA) is 17.1 Å². The van der Waals surface area contributed by atoms with Crippen LogP contribution in [0.25, 0.3) is 0 Å². The van der Waals surface area contributed by atoms with Crippen molar-refractivity contribution in [1.29, 1.82) is 0 Å². The van der Waals surface area contributed by atoms with Crippen LogP contribution in [0.1, 0.15) is 34.2 Å². The van der Waals surface area contributed by atoms with E-state index in [1.165, 1.54) is 27.8 Å². The fraction of sp³-hybridized carbons (Fsp3) is 0.316. The Balaban J connectivity index is 1.93. The van der Waals surface area contributed by atoms with E-state index in [0.717, 1.165) is 38.4 Å². The quantitative estimate of drug-likeness (QED) is 0.772. The van der Waals surface area contributed by atoms with E-state index >= 15 is 0 Å². The molecule has 6 rings (SSSR count). The molecule has 0 atom stereocenters. The zero-order valence-electron chi connectivity index (χ0n) is 11.8. The van der Waals surface area contributed by atoms with Crippen LogP contribution in [-0.4, -0.2) is 6.29 Å². The standard InChI is InChI=1S/C19H20O/c20-13-1-2-19-14-17-8-7-15-3-5-16(6-4-15)9-11-18(19)12-10-17/h3-6,10,12-14H,1-2,7-9,11H2. The smallest absolute Gasteiger partial charge is 0.120 e. The Hall–Kier alpha value is -1.89. The van der Waals surface area contributed by atoms with Gasteiger partial charge in [-0.2, -0.15) is 0 Å². The molecular weight excluding hydrogens is 244 g/mol. The summed E-state index contributed by atoms with van der Waals surface area (Å²) in [6.07, 6.45) is 6.84. The second kappa shape index (κ2) is 6.04. The Bertz CT molecular complexity index is 596. The molecule has 2 aromatic rings. The minimum atomic E-state index is 0.629. The molecule has 0 unspecified atom stereocenters. The Kier molecular flexibility index (Phi) is 3.96. The highest BCUT2D eigenvalue weighted by atomic mass is 16.1. The van der Waals surface area contributed by atoms with E-state index < -0.39 is 0 Å². The van der Waals surface area contributed by atoms with Gasteiger partial charge in [-0.25, -0.2) is 0 Å². The Labute approximate surface area is 120 Å². The molecule has 102 valence electrons. The van der Waals surface area contributed by atoms with Crippen molar-refractivity contribution in [2.45, 2.75) is 38.5 Å². The summed E-state index contributed by atoms with van der Waals surface area (Å²) in [5.74, 6) is 0. The summed E-state index contributed by atoms with van der Waals surface area (Å²) >= 11 is 0. The Morgan fingerprint density at radius 1 is 0.800 bits per heavy atom. The number of aryl methyl sites for hydroxylation is 5. The molecule has 4 aliphatic rings. The second-order valence-corrected chi connectivity index (χ2v) is 5.62. The van der Waals surface area contributed by atoms with E-state index in [0.29, 0.717) is 6.42 Å². The maximum absolute atomic E-state index is 10.6. The van der Waals surface area contributed by atoms with Crippen LogP contribution in [0.15, 0.2) is 42.5 Å². The molecular formula is C19H20O. The third kappa shape index (κ3) is 2.98. The molecule has 0 saturated heterocycles. The molecule has 2 aromatic carbocycles. The molecule has 20 heavy (non-hydrogen) atoms. The zero-order chi connectivity index (χ0) is 13.8. The van der Waals surface area contributed by atoms with Crippen molar-refractivity contribution in [3.05, 3.63) is 70.3 Å². The van der Waals surface area contributed by atoms with Crippen molar-refractivity contribution in [2.24, 2.45) is 0 Å². The van der Waals surface area contributed by atoms with Gasteiger partial charge in [0.05, 0.1) is 0 Å². The predicted octanol–water partition coefficient (Wildman–Crippen LogP) is 3.70. The van der Waals surface area contributed by atoms with Crippen molar-refractivity contribution in [3.63, 3.8) is 0 Å². The van der Waals surface area contributed by atoms with Crippen molar-refractivity contribution in [2.75, 3.05) is 0 Å². The lowest BCUT2D eigenvalue weighted by Gasteiger charge is -2.13. The van der Waals surface area contributed by atoms with E-state index in [2.05, 4.69) is 42.5 Å². The van der Waals surface area contributed by atoms with Gasteiger partial charge in [-0.3, -0.25) is 0 Å². The lowest BCUT2D eigenvalue weighted by molar-refractivity contribution is -0.107. The molecule has 0 aromatic heterocycles. The zero-order valence-corrected chi connectivity index (χ0v) is 11.8. The molecule has 0 heterocycles. The summed E-state index contributed by atoms with van der Waals surface area (Å²) in [6, 6.07) is 15.9. The highest BCUT2D eigenvalue weighted by Crippen LogP contribution is 2.20. The van der Waals surface area contributed by atoms with Gasteiger partial charge >= 0.3 is 0 Å². The first-order valence-corrected chi connectivity index (χ1v) is 7.47. The van der Waals surface area contributed by atoms with Crippen LogP contribution >= 0.6 is 0 Å². The van der Waals surface area contributed by atoms with Crippen LogP contribution in [-0.2, 0) is 36.9 Å². The van der Waals surface area contributed by atoms with Crippen LogP contribution in [0.2, 0.25) is 0 Å². The van der Waals surface area contributed by atoms with E-state index in [1.54, 1.807) is 0 Å². The second-order valence-electron chi connectivity index (χ2n) is 5.62. The number of hydrogen-bond donors (Lipinski definition) is 0. The molecule has 0 radical (unpaired) electrons. The van der Waals surface area contributed by atoms with Crippen LogP contribution in [0.4, 0.5) is 0 Å². The van der Waals surface area contributed by atoms with Gasteiger partial charge in [0.15, 0.2) is 0 Å². The minimum absolute atomic E-state index is 0.629. The largest absolute Gasteiger partial charge is 0.303 e. The van der Waals surface area contributed by atoms with Gasteiger partial charge in [-0.05, 0) is 59.9 Å². The Morgan fingerprint density at radius 3 is 2.10 bits per heavy atom. The average molecular weight is 264 g/mol. The monoisotopic (exact) mass is 264 g/mol. The van der Waals surface area contributed by atoms with Crippen LogP contribution in [0.5, 0.6) is 0 Å². The van der Waals surface area contributed by atoms with E-state index in [1.807, 2.05) is 0 Å². The fourth-order valence-corrected chi connectivity index (χ4v) is 2.97. The molecule has 1 heteroatoms. The van der Waals surface area contributed by atoms with Crippen molar-refractivity contribution < 1.29 is 4.79 Å². The van der Waals surface area contributed by atoms with Crippen LogP contribution in [0.3, 0.4) is 0 Å².